The molecule has 0 spiro atoms. The second kappa shape index (κ2) is 7.92. The Morgan fingerprint density at radius 2 is 1.85 bits per heavy atom. The fourth-order valence-electron chi connectivity index (χ4n) is 2.43. The first-order valence-electron chi connectivity index (χ1n) is 8.08. The quantitative estimate of drug-likeness (QED) is 0.872. The zero-order chi connectivity index (χ0) is 18.6. The minimum absolute atomic E-state index is 0.0529. The number of amides is 2. The molecule has 0 saturated carbocycles. The molecule has 0 atom stereocenters. The number of carbonyl (C=O) groups excluding carboxylic acids is 1. The van der Waals surface area contributed by atoms with Crippen molar-refractivity contribution in [3.8, 4) is 0 Å². The summed E-state index contributed by atoms with van der Waals surface area (Å²) in [6.45, 7) is 2.73. The van der Waals surface area contributed by atoms with Crippen LogP contribution in [0.25, 0.3) is 0 Å². The van der Waals surface area contributed by atoms with Gasteiger partial charge in [0.15, 0.2) is 5.17 Å². The third-order valence-corrected chi connectivity index (χ3v) is 6.11. The van der Waals surface area contributed by atoms with Crippen molar-refractivity contribution in [3.63, 3.8) is 0 Å². The summed E-state index contributed by atoms with van der Waals surface area (Å²) in [5.41, 5.74) is 1.84. The maximum absolute atomic E-state index is 12.7. The van der Waals surface area contributed by atoms with Crippen LogP contribution >= 0.6 is 11.8 Å². The van der Waals surface area contributed by atoms with E-state index in [4.69, 9.17) is 0 Å². The standard InChI is InChI=1S/C18H19N3O3S2/c1-14-7-9-16(10-8-14)26(23,24)20-17(22)21(18-19-11-12-25-18)13-15-5-3-2-4-6-15/h2-10H,11-13H2,1H3,(H,20,22). The van der Waals surface area contributed by atoms with Gasteiger partial charge < -0.3 is 0 Å². The van der Waals surface area contributed by atoms with Crippen LogP contribution in [0.15, 0.2) is 64.5 Å². The van der Waals surface area contributed by atoms with E-state index in [0.29, 0.717) is 11.7 Å². The molecule has 26 heavy (non-hydrogen) atoms. The van der Waals surface area contributed by atoms with E-state index in [2.05, 4.69) is 9.71 Å². The van der Waals surface area contributed by atoms with E-state index in [1.54, 1.807) is 12.1 Å². The molecular formula is C18H19N3O3S2. The van der Waals surface area contributed by atoms with E-state index in [1.807, 2.05) is 37.3 Å². The van der Waals surface area contributed by atoms with Gasteiger partial charge in [-0.05, 0) is 24.6 Å². The van der Waals surface area contributed by atoms with Gasteiger partial charge in [-0.1, -0.05) is 59.8 Å². The average molecular weight is 390 g/mol. The van der Waals surface area contributed by atoms with Crippen molar-refractivity contribution in [2.45, 2.75) is 18.4 Å². The topological polar surface area (TPSA) is 78.8 Å². The highest BCUT2D eigenvalue weighted by Crippen LogP contribution is 2.19. The lowest BCUT2D eigenvalue weighted by Gasteiger charge is -2.22. The predicted octanol–water partition coefficient (Wildman–Crippen LogP) is 3.00. The number of nitrogens with one attached hydrogen (secondary N) is 1. The Morgan fingerprint density at radius 1 is 1.15 bits per heavy atom. The number of carbonyl (C=O) groups is 1. The van der Waals surface area contributed by atoms with E-state index in [1.165, 1.54) is 28.8 Å². The number of benzene rings is 2. The Balaban J connectivity index is 1.82. The largest absolute Gasteiger partial charge is 0.337 e. The number of amidine groups is 1. The highest BCUT2D eigenvalue weighted by molar-refractivity contribution is 8.14. The molecule has 8 heteroatoms. The van der Waals surface area contributed by atoms with Gasteiger partial charge in [0, 0.05) is 5.75 Å². The number of aryl methyl sites for hydroxylation is 1. The van der Waals surface area contributed by atoms with Crippen molar-refractivity contribution in [1.29, 1.82) is 0 Å². The molecule has 1 N–H and O–H groups in total. The Kier molecular flexibility index (Phi) is 5.63. The molecule has 1 aliphatic heterocycles. The number of hydrogen-bond donors (Lipinski definition) is 1. The number of hydrogen-bond acceptors (Lipinski definition) is 5. The zero-order valence-corrected chi connectivity index (χ0v) is 15.9. The Bertz CT molecular complexity index is 910. The van der Waals surface area contributed by atoms with E-state index < -0.39 is 16.1 Å². The van der Waals surface area contributed by atoms with Crippen molar-refractivity contribution < 1.29 is 13.2 Å². The molecular weight excluding hydrogens is 370 g/mol. The van der Waals surface area contributed by atoms with Gasteiger partial charge in [-0.15, -0.1) is 0 Å². The molecule has 0 aromatic heterocycles. The summed E-state index contributed by atoms with van der Waals surface area (Å²) in [4.78, 5) is 18.5. The number of urea groups is 1. The lowest BCUT2D eigenvalue weighted by Crippen LogP contribution is -2.44. The Labute approximate surface area is 157 Å². The van der Waals surface area contributed by atoms with E-state index in [0.717, 1.165) is 16.9 Å². The van der Waals surface area contributed by atoms with Gasteiger partial charge in [-0.25, -0.2) is 17.9 Å². The third kappa shape index (κ3) is 4.44. The predicted molar refractivity (Wildman–Crippen MR) is 104 cm³/mol. The maximum atomic E-state index is 12.7. The second-order valence-corrected chi connectivity index (χ2v) is 8.55. The van der Waals surface area contributed by atoms with Gasteiger partial charge in [0.2, 0.25) is 0 Å². The minimum Gasteiger partial charge on any atom is -0.268 e. The fraction of sp³-hybridized carbons (Fsp3) is 0.222. The van der Waals surface area contributed by atoms with Crippen LogP contribution < -0.4 is 4.72 Å². The first kappa shape index (κ1) is 18.5. The lowest BCUT2D eigenvalue weighted by atomic mass is 10.2. The molecule has 0 unspecified atom stereocenters. The van der Waals surface area contributed by atoms with Crippen molar-refractivity contribution >= 4 is 33.0 Å². The molecule has 0 saturated heterocycles. The van der Waals surface area contributed by atoms with E-state index in [-0.39, 0.29) is 11.4 Å². The van der Waals surface area contributed by atoms with Crippen molar-refractivity contribution in [3.05, 3.63) is 65.7 Å². The van der Waals surface area contributed by atoms with E-state index in [9.17, 15) is 13.2 Å². The molecule has 6 nitrogen and oxygen atoms in total. The van der Waals surface area contributed by atoms with Crippen LogP contribution in [-0.2, 0) is 16.6 Å². The summed E-state index contributed by atoms with van der Waals surface area (Å²) in [7, 11) is -3.95. The number of sulfonamides is 1. The molecule has 0 fully saturated rings. The monoisotopic (exact) mass is 389 g/mol. The molecule has 136 valence electrons. The van der Waals surface area contributed by atoms with Crippen LogP contribution in [0.3, 0.4) is 0 Å². The van der Waals surface area contributed by atoms with Gasteiger partial charge in [0.1, 0.15) is 0 Å². The molecule has 2 aromatic carbocycles. The van der Waals surface area contributed by atoms with Crippen LogP contribution in [0.4, 0.5) is 4.79 Å². The normalized spacial score (nSPS) is 14.0. The van der Waals surface area contributed by atoms with Gasteiger partial charge in [-0.3, -0.25) is 9.89 Å². The van der Waals surface area contributed by atoms with Crippen LogP contribution in [0.2, 0.25) is 0 Å². The highest BCUT2D eigenvalue weighted by Gasteiger charge is 2.27. The van der Waals surface area contributed by atoms with E-state index >= 15 is 0 Å². The maximum Gasteiger partial charge on any atom is 0.337 e. The van der Waals surface area contributed by atoms with Gasteiger partial charge in [0.25, 0.3) is 10.0 Å². The summed E-state index contributed by atoms with van der Waals surface area (Å²) in [6, 6.07) is 15.0. The number of aliphatic imine (C=N–C) groups is 1. The minimum atomic E-state index is -3.95. The molecule has 2 aromatic rings. The smallest absolute Gasteiger partial charge is 0.268 e. The SMILES string of the molecule is Cc1ccc(S(=O)(=O)NC(=O)N(Cc2ccccc2)C2=NCCS2)cc1. The van der Waals surface area contributed by atoms with Gasteiger partial charge in [0.05, 0.1) is 18.0 Å². The number of nitrogens with zero attached hydrogens (tertiary/aromatic N) is 2. The van der Waals surface area contributed by atoms with Gasteiger partial charge >= 0.3 is 6.03 Å². The second-order valence-electron chi connectivity index (χ2n) is 5.81. The summed E-state index contributed by atoms with van der Waals surface area (Å²) in [6.07, 6.45) is 0. The number of thioether (sulfide) groups is 1. The molecule has 1 heterocycles. The summed E-state index contributed by atoms with van der Waals surface area (Å²) >= 11 is 1.44. The zero-order valence-electron chi connectivity index (χ0n) is 14.3. The van der Waals surface area contributed by atoms with Crippen molar-refractivity contribution in [1.82, 2.24) is 9.62 Å². The van der Waals surface area contributed by atoms with Crippen LogP contribution in [0.1, 0.15) is 11.1 Å². The summed E-state index contributed by atoms with van der Waals surface area (Å²) in [5, 5.41) is 0.533. The summed E-state index contributed by atoms with van der Waals surface area (Å²) in [5.74, 6) is 0.776. The fourth-order valence-corrected chi connectivity index (χ4v) is 4.23. The van der Waals surface area contributed by atoms with Crippen LogP contribution in [0, 0.1) is 6.92 Å². The lowest BCUT2D eigenvalue weighted by molar-refractivity contribution is 0.226. The molecule has 2 amide bonds. The molecule has 1 aliphatic rings. The molecule has 0 bridgehead atoms. The summed E-state index contributed by atoms with van der Waals surface area (Å²) < 4.78 is 27.2. The van der Waals surface area contributed by atoms with Crippen molar-refractivity contribution in [2.24, 2.45) is 4.99 Å². The molecule has 3 rings (SSSR count). The van der Waals surface area contributed by atoms with Crippen LogP contribution in [-0.4, -0.2) is 36.8 Å². The molecule has 0 aliphatic carbocycles. The molecule has 0 radical (unpaired) electrons. The first-order valence-corrected chi connectivity index (χ1v) is 10.5. The Morgan fingerprint density at radius 3 is 2.46 bits per heavy atom. The van der Waals surface area contributed by atoms with Crippen molar-refractivity contribution in [2.75, 3.05) is 12.3 Å². The first-order chi connectivity index (χ1) is 12.5. The highest BCUT2D eigenvalue weighted by atomic mass is 32.2. The average Bonchev–Trinajstić information content (AvgIpc) is 3.15. The number of rotatable bonds is 4. The van der Waals surface area contributed by atoms with Gasteiger partial charge in [-0.2, -0.15) is 0 Å². The van der Waals surface area contributed by atoms with Crippen LogP contribution in [0.5, 0.6) is 0 Å². The Hall–Kier alpha value is -2.32. The third-order valence-electron chi connectivity index (χ3n) is 3.78.